The number of anilines is 1. The first-order chi connectivity index (χ1) is 8.04. The Kier molecular flexibility index (Phi) is 4.53. The Balaban J connectivity index is 2.51. The Morgan fingerprint density at radius 2 is 2.18 bits per heavy atom. The summed E-state index contributed by atoms with van der Waals surface area (Å²) in [6.45, 7) is 2.50. The maximum Gasteiger partial charge on any atom is 0.223 e. The molecule has 0 bridgehead atoms. The first-order valence-corrected chi connectivity index (χ1v) is 5.49. The van der Waals surface area contributed by atoms with Gasteiger partial charge >= 0.3 is 0 Å². The zero-order chi connectivity index (χ0) is 12.8. The number of nitrogens with zero attached hydrogens (tertiary/aromatic N) is 2. The number of benzene rings is 1. The number of aryl methyl sites for hydroxylation is 1. The number of carbonyl (C=O) groups excluding carboxylic acids is 1. The molecular formula is C13H17N3O. The van der Waals surface area contributed by atoms with Crippen LogP contribution < -0.4 is 5.32 Å². The highest BCUT2D eigenvalue weighted by molar-refractivity contribution is 5.76. The zero-order valence-electron chi connectivity index (χ0n) is 10.4. The Morgan fingerprint density at radius 1 is 1.47 bits per heavy atom. The van der Waals surface area contributed by atoms with Crippen molar-refractivity contribution in [1.29, 1.82) is 5.26 Å². The highest BCUT2D eigenvalue weighted by Crippen LogP contribution is 2.14. The van der Waals surface area contributed by atoms with Gasteiger partial charge in [0.2, 0.25) is 5.91 Å². The fourth-order valence-corrected chi connectivity index (χ4v) is 1.44. The standard InChI is InChI=1S/C13H17N3O/c1-10-8-12(5-4-11(10)9-14)15-7-6-13(17)16(2)3/h4-5,8,15H,6-7H2,1-3H3. The SMILES string of the molecule is Cc1cc(NCCC(=O)N(C)C)ccc1C#N. The summed E-state index contributed by atoms with van der Waals surface area (Å²) in [5.41, 5.74) is 2.56. The van der Waals surface area contributed by atoms with Gasteiger partial charge in [-0.25, -0.2) is 0 Å². The second kappa shape index (κ2) is 5.90. The number of amides is 1. The van der Waals surface area contributed by atoms with Crippen molar-refractivity contribution < 1.29 is 4.79 Å². The van der Waals surface area contributed by atoms with E-state index in [1.165, 1.54) is 0 Å². The van der Waals surface area contributed by atoms with Crippen LogP contribution in [0.25, 0.3) is 0 Å². The maximum atomic E-state index is 11.3. The van der Waals surface area contributed by atoms with E-state index < -0.39 is 0 Å². The van der Waals surface area contributed by atoms with Crippen LogP contribution in [0.1, 0.15) is 17.5 Å². The van der Waals surface area contributed by atoms with Gasteiger partial charge in [-0.05, 0) is 30.7 Å². The van der Waals surface area contributed by atoms with Gasteiger partial charge in [0.1, 0.15) is 0 Å². The molecule has 0 aliphatic heterocycles. The van der Waals surface area contributed by atoms with Crippen LogP contribution in [0.2, 0.25) is 0 Å². The van der Waals surface area contributed by atoms with Crippen LogP contribution in [-0.2, 0) is 4.79 Å². The van der Waals surface area contributed by atoms with E-state index in [1.807, 2.05) is 19.1 Å². The fraction of sp³-hybridized carbons (Fsp3) is 0.385. The van der Waals surface area contributed by atoms with E-state index in [0.717, 1.165) is 11.3 Å². The van der Waals surface area contributed by atoms with Crippen LogP contribution in [0.4, 0.5) is 5.69 Å². The van der Waals surface area contributed by atoms with Crippen molar-refractivity contribution in [2.75, 3.05) is 26.0 Å². The summed E-state index contributed by atoms with van der Waals surface area (Å²) in [4.78, 5) is 12.9. The molecule has 90 valence electrons. The minimum Gasteiger partial charge on any atom is -0.385 e. The summed E-state index contributed by atoms with van der Waals surface area (Å²) in [5.74, 6) is 0.0999. The minimum atomic E-state index is 0.0999. The monoisotopic (exact) mass is 231 g/mol. The lowest BCUT2D eigenvalue weighted by molar-refractivity contribution is -0.128. The summed E-state index contributed by atoms with van der Waals surface area (Å²) in [6, 6.07) is 7.67. The van der Waals surface area contributed by atoms with Gasteiger partial charge in [0.05, 0.1) is 11.6 Å². The highest BCUT2D eigenvalue weighted by Gasteiger charge is 2.03. The smallest absolute Gasteiger partial charge is 0.223 e. The maximum absolute atomic E-state index is 11.3. The van der Waals surface area contributed by atoms with Crippen LogP contribution >= 0.6 is 0 Å². The van der Waals surface area contributed by atoms with E-state index in [0.29, 0.717) is 18.5 Å². The van der Waals surface area contributed by atoms with Crippen molar-refractivity contribution in [2.45, 2.75) is 13.3 Å². The third kappa shape index (κ3) is 3.80. The Bertz CT molecular complexity index is 446. The normalized spacial score (nSPS) is 9.53. The summed E-state index contributed by atoms with van der Waals surface area (Å²) in [6.07, 6.45) is 0.464. The van der Waals surface area contributed by atoms with Gasteiger partial charge in [-0.3, -0.25) is 4.79 Å². The molecule has 0 saturated heterocycles. The molecule has 0 heterocycles. The quantitative estimate of drug-likeness (QED) is 0.859. The number of hydrogen-bond acceptors (Lipinski definition) is 3. The van der Waals surface area contributed by atoms with Gasteiger partial charge in [0.25, 0.3) is 0 Å². The van der Waals surface area contributed by atoms with Crippen molar-refractivity contribution in [3.63, 3.8) is 0 Å². The lowest BCUT2D eigenvalue weighted by atomic mass is 10.1. The molecule has 1 aromatic rings. The van der Waals surface area contributed by atoms with E-state index in [2.05, 4.69) is 11.4 Å². The molecule has 0 radical (unpaired) electrons. The molecular weight excluding hydrogens is 214 g/mol. The second-order valence-corrected chi connectivity index (χ2v) is 4.11. The lowest BCUT2D eigenvalue weighted by Gasteiger charge is -2.11. The molecule has 0 aliphatic rings. The molecule has 0 fully saturated rings. The van der Waals surface area contributed by atoms with Gasteiger partial charge in [-0.2, -0.15) is 5.26 Å². The van der Waals surface area contributed by atoms with Crippen LogP contribution in [0.3, 0.4) is 0 Å². The Labute approximate surface area is 102 Å². The molecule has 0 atom stereocenters. The Morgan fingerprint density at radius 3 is 2.71 bits per heavy atom. The molecule has 1 rings (SSSR count). The first-order valence-electron chi connectivity index (χ1n) is 5.49. The average Bonchev–Trinajstić information content (AvgIpc) is 2.29. The molecule has 0 aliphatic carbocycles. The van der Waals surface area contributed by atoms with Crippen LogP contribution in [0.15, 0.2) is 18.2 Å². The summed E-state index contributed by atoms with van der Waals surface area (Å²) in [5, 5.41) is 12.0. The van der Waals surface area contributed by atoms with E-state index >= 15 is 0 Å². The average molecular weight is 231 g/mol. The number of carbonyl (C=O) groups is 1. The number of nitrogens with one attached hydrogen (secondary N) is 1. The molecule has 1 amide bonds. The number of hydrogen-bond donors (Lipinski definition) is 1. The van der Waals surface area contributed by atoms with E-state index in [4.69, 9.17) is 5.26 Å². The van der Waals surface area contributed by atoms with Gasteiger partial charge in [-0.1, -0.05) is 0 Å². The zero-order valence-corrected chi connectivity index (χ0v) is 10.4. The molecule has 0 spiro atoms. The summed E-state index contributed by atoms with van der Waals surface area (Å²) < 4.78 is 0. The van der Waals surface area contributed by atoms with Crippen molar-refractivity contribution in [3.8, 4) is 6.07 Å². The molecule has 1 aromatic carbocycles. The summed E-state index contributed by atoms with van der Waals surface area (Å²) in [7, 11) is 3.49. The first kappa shape index (κ1) is 13.0. The highest BCUT2D eigenvalue weighted by atomic mass is 16.2. The molecule has 4 nitrogen and oxygen atoms in total. The van der Waals surface area contributed by atoms with Crippen molar-refractivity contribution >= 4 is 11.6 Å². The van der Waals surface area contributed by atoms with E-state index in [9.17, 15) is 4.79 Å². The third-order valence-electron chi connectivity index (χ3n) is 2.51. The third-order valence-corrected chi connectivity index (χ3v) is 2.51. The van der Waals surface area contributed by atoms with Gasteiger partial charge < -0.3 is 10.2 Å². The number of nitriles is 1. The Hall–Kier alpha value is -2.02. The van der Waals surface area contributed by atoms with Crippen molar-refractivity contribution in [3.05, 3.63) is 29.3 Å². The van der Waals surface area contributed by atoms with Crippen LogP contribution in [-0.4, -0.2) is 31.4 Å². The molecule has 0 unspecified atom stereocenters. The molecule has 0 aromatic heterocycles. The van der Waals surface area contributed by atoms with Gasteiger partial charge in [-0.15, -0.1) is 0 Å². The largest absolute Gasteiger partial charge is 0.385 e. The predicted molar refractivity (Wildman–Crippen MR) is 67.7 cm³/mol. The summed E-state index contributed by atoms with van der Waals surface area (Å²) >= 11 is 0. The second-order valence-electron chi connectivity index (χ2n) is 4.11. The van der Waals surface area contributed by atoms with Gasteiger partial charge in [0.15, 0.2) is 0 Å². The van der Waals surface area contributed by atoms with Crippen molar-refractivity contribution in [1.82, 2.24) is 4.90 Å². The topological polar surface area (TPSA) is 56.1 Å². The molecule has 0 saturated carbocycles. The van der Waals surface area contributed by atoms with Crippen molar-refractivity contribution in [2.24, 2.45) is 0 Å². The minimum absolute atomic E-state index is 0.0999. The van der Waals surface area contributed by atoms with E-state index in [-0.39, 0.29) is 5.91 Å². The van der Waals surface area contributed by atoms with E-state index in [1.54, 1.807) is 25.1 Å². The van der Waals surface area contributed by atoms with Crippen LogP contribution in [0, 0.1) is 18.3 Å². The molecule has 17 heavy (non-hydrogen) atoms. The van der Waals surface area contributed by atoms with Gasteiger partial charge in [0, 0.05) is 32.7 Å². The molecule has 4 heteroatoms. The fourth-order valence-electron chi connectivity index (χ4n) is 1.44. The number of rotatable bonds is 4. The lowest BCUT2D eigenvalue weighted by Crippen LogP contribution is -2.23. The van der Waals surface area contributed by atoms with Crippen LogP contribution in [0.5, 0.6) is 0 Å². The predicted octanol–water partition coefficient (Wildman–Crippen LogP) is 1.76. The molecule has 1 N–H and O–H groups in total.